The first-order chi connectivity index (χ1) is 16.9. The van der Waals surface area contributed by atoms with Crippen molar-refractivity contribution in [2.75, 3.05) is 47.4 Å². The number of amides is 1. The number of ether oxygens (including phenoxy) is 2. The van der Waals surface area contributed by atoms with E-state index in [1.165, 1.54) is 25.9 Å². The van der Waals surface area contributed by atoms with Crippen molar-refractivity contribution in [3.8, 4) is 28.3 Å². The van der Waals surface area contributed by atoms with Crippen molar-refractivity contribution < 1.29 is 14.3 Å². The van der Waals surface area contributed by atoms with E-state index in [0.717, 1.165) is 46.9 Å². The van der Waals surface area contributed by atoms with Crippen LogP contribution in [0.1, 0.15) is 41.0 Å². The molecule has 35 heavy (non-hydrogen) atoms. The lowest BCUT2D eigenvalue weighted by Gasteiger charge is -2.18. The number of carbonyl (C=O) groups excluding carboxylic acids is 1. The SMILES string of the molecule is COc1ccc(-c2c(C)nn(-c3ccc(OCCCN4CCCC4)cc3C(=O)N(C)C)c2C)cc1. The molecule has 0 N–H and O–H groups in total. The molecular weight excluding hydrogens is 440 g/mol. The van der Waals surface area contributed by atoms with Crippen LogP contribution in [-0.2, 0) is 0 Å². The molecule has 4 rings (SSSR count). The molecule has 7 nitrogen and oxygen atoms in total. The summed E-state index contributed by atoms with van der Waals surface area (Å²) in [5.41, 5.74) is 5.30. The van der Waals surface area contributed by atoms with Crippen LogP contribution in [0, 0.1) is 13.8 Å². The van der Waals surface area contributed by atoms with Crippen LogP contribution >= 0.6 is 0 Å². The average Bonchev–Trinajstić information content (AvgIpc) is 3.48. The Morgan fingerprint density at radius 3 is 2.37 bits per heavy atom. The van der Waals surface area contributed by atoms with Gasteiger partial charge in [0.15, 0.2) is 0 Å². The third-order valence-electron chi connectivity index (χ3n) is 6.59. The maximum Gasteiger partial charge on any atom is 0.255 e. The molecule has 7 heteroatoms. The largest absolute Gasteiger partial charge is 0.497 e. The molecule has 0 unspecified atom stereocenters. The minimum Gasteiger partial charge on any atom is -0.497 e. The number of benzene rings is 2. The molecule has 1 fully saturated rings. The summed E-state index contributed by atoms with van der Waals surface area (Å²) in [6.07, 6.45) is 3.57. The van der Waals surface area contributed by atoms with Gasteiger partial charge < -0.3 is 19.3 Å². The van der Waals surface area contributed by atoms with E-state index in [0.29, 0.717) is 17.9 Å². The zero-order valence-electron chi connectivity index (χ0n) is 21.5. The van der Waals surface area contributed by atoms with Crippen molar-refractivity contribution in [3.05, 3.63) is 59.4 Å². The predicted octanol–water partition coefficient (Wildman–Crippen LogP) is 4.73. The Balaban J connectivity index is 1.61. The number of methoxy groups -OCH3 is 1. The second kappa shape index (κ2) is 11.0. The molecule has 0 bridgehead atoms. The molecule has 0 spiro atoms. The number of aromatic nitrogens is 2. The third-order valence-corrected chi connectivity index (χ3v) is 6.59. The zero-order chi connectivity index (χ0) is 24.9. The Morgan fingerprint density at radius 2 is 1.71 bits per heavy atom. The smallest absolute Gasteiger partial charge is 0.255 e. The van der Waals surface area contributed by atoms with Crippen molar-refractivity contribution in [3.63, 3.8) is 0 Å². The lowest BCUT2D eigenvalue weighted by Crippen LogP contribution is -2.24. The highest BCUT2D eigenvalue weighted by atomic mass is 16.5. The first kappa shape index (κ1) is 24.8. The van der Waals surface area contributed by atoms with Gasteiger partial charge in [0.1, 0.15) is 11.5 Å². The highest BCUT2D eigenvalue weighted by molar-refractivity contribution is 5.98. The molecule has 1 amide bonds. The maximum absolute atomic E-state index is 13.1. The molecular formula is C28H36N4O3. The predicted molar refractivity (Wildman–Crippen MR) is 139 cm³/mol. The summed E-state index contributed by atoms with van der Waals surface area (Å²) in [5, 5.41) is 4.82. The summed E-state index contributed by atoms with van der Waals surface area (Å²) in [4.78, 5) is 17.2. The van der Waals surface area contributed by atoms with E-state index >= 15 is 0 Å². The van der Waals surface area contributed by atoms with Crippen LogP contribution < -0.4 is 9.47 Å². The van der Waals surface area contributed by atoms with Crippen molar-refractivity contribution in [1.82, 2.24) is 19.6 Å². The normalized spacial score (nSPS) is 13.7. The summed E-state index contributed by atoms with van der Waals surface area (Å²) in [6, 6.07) is 13.7. The summed E-state index contributed by atoms with van der Waals surface area (Å²) in [7, 11) is 5.19. The fourth-order valence-corrected chi connectivity index (χ4v) is 4.74. The molecule has 3 aromatic rings. The van der Waals surface area contributed by atoms with E-state index < -0.39 is 0 Å². The van der Waals surface area contributed by atoms with Crippen LogP contribution in [0.15, 0.2) is 42.5 Å². The van der Waals surface area contributed by atoms with Crippen LogP contribution in [0.4, 0.5) is 0 Å². The molecule has 1 saturated heterocycles. The topological polar surface area (TPSA) is 59.8 Å². The maximum atomic E-state index is 13.1. The number of aryl methyl sites for hydroxylation is 1. The van der Waals surface area contributed by atoms with Crippen LogP contribution in [0.3, 0.4) is 0 Å². The van der Waals surface area contributed by atoms with Crippen molar-refractivity contribution >= 4 is 5.91 Å². The van der Waals surface area contributed by atoms with Gasteiger partial charge in [-0.3, -0.25) is 4.79 Å². The van der Waals surface area contributed by atoms with Gasteiger partial charge in [0.2, 0.25) is 0 Å². The van der Waals surface area contributed by atoms with Crippen LogP contribution in [0.5, 0.6) is 11.5 Å². The Kier molecular flexibility index (Phi) is 7.76. The number of likely N-dealkylation sites (tertiary alicyclic amines) is 1. The molecule has 0 aliphatic carbocycles. The highest BCUT2D eigenvalue weighted by Crippen LogP contribution is 2.32. The minimum absolute atomic E-state index is 0.0823. The Bertz CT molecular complexity index is 1160. The number of hydrogen-bond donors (Lipinski definition) is 0. The van der Waals surface area contributed by atoms with Gasteiger partial charge in [-0.25, -0.2) is 4.68 Å². The Labute approximate surface area is 208 Å². The van der Waals surface area contributed by atoms with Gasteiger partial charge in [0.05, 0.1) is 30.7 Å². The fraction of sp³-hybridized carbons (Fsp3) is 0.429. The van der Waals surface area contributed by atoms with E-state index in [1.54, 1.807) is 26.1 Å². The van der Waals surface area contributed by atoms with Gasteiger partial charge in [0.25, 0.3) is 5.91 Å². The number of rotatable bonds is 9. The van der Waals surface area contributed by atoms with Crippen molar-refractivity contribution in [2.45, 2.75) is 33.1 Å². The lowest BCUT2D eigenvalue weighted by molar-refractivity contribution is 0.0827. The van der Waals surface area contributed by atoms with Gasteiger partial charge in [-0.05, 0) is 82.1 Å². The minimum atomic E-state index is -0.0823. The summed E-state index contributed by atoms with van der Waals surface area (Å²) in [6.45, 7) is 8.10. The molecule has 0 radical (unpaired) electrons. The van der Waals surface area contributed by atoms with E-state index in [9.17, 15) is 4.79 Å². The van der Waals surface area contributed by atoms with E-state index in [2.05, 4.69) is 4.90 Å². The molecule has 1 aliphatic heterocycles. The van der Waals surface area contributed by atoms with Gasteiger partial charge in [0, 0.05) is 31.9 Å². The first-order valence-electron chi connectivity index (χ1n) is 12.3. The summed E-state index contributed by atoms with van der Waals surface area (Å²) >= 11 is 0. The quantitative estimate of drug-likeness (QED) is 0.418. The van der Waals surface area contributed by atoms with E-state index in [-0.39, 0.29) is 5.91 Å². The monoisotopic (exact) mass is 476 g/mol. The highest BCUT2D eigenvalue weighted by Gasteiger charge is 2.21. The molecule has 0 atom stereocenters. The summed E-state index contributed by atoms with van der Waals surface area (Å²) in [5.74, 6) is 1.43. The van der Waals surface area contributed by atoms with Crippen LogP contribution in [0.2, 0.25) is 0 Å². The Morgan fingerprint density at radius 1 is 1.03 bits per heavy atom. The molecule has 2 heterocycles. The second-order valence-corrected chi connectivity index (χ2v) is 9.32. The molecule has 1 aromatic heterocycles. The number of hydrogen-bond acceptors (Lipinski definition) is 5. The van der Waals surface area contributed by atoms with Gasteiger partial charge in [-0.15, -0.1) is 0 Å². The standard InChI is InChI=1S/C28H36N4O3/c1-20-27(22-9-11-23(34-5)12-10-22)21(2)32(29-20)26-14-13-24(19-25(26)28(33)30(3)4)35-18-8-17-31-15-6-7-16-31/h9-14,19H,6-8,15-18H2,1-5H3. The van der Waals surface area contributed by atoms with Gasteiger partial charge in [-0.1, -0.05) is 12.1 Å². The number of nitrogens with zero attached hydrogens (tertiary/aromatic N) is 4. The first-order valence-corrected chi connectivity index (χ1v) is 12.3. The lowest BCUT2D eigenvalue weighted by atomic mass is 10.0. The summed E-state index contributed by atoms with van der Waals surface area (Å²) < 4.78 is 13.2. The molecule has 2 aromatic carbocycles. The van der Waals surface area contributed by atoms with Crippen molar-refractivity contribution in [1.29, 1.82) is 0 Å². The van der Waals surface area contributed by atoms with Gasteiger partial charge in [-0.2, -0.15) is 5.10 Å². The molecule has 1 aliphatic rings. The van der Waals surface area contributed by atoms with E-state index in [4.69, 9.17) is 14.6 Å². The number of carbonyl (C=O) groups is 1. The zero-order valence-corrected chi connectivity index (χ0v) is 21.5. The van der Waals surface area contributed by atoms with Crippen LogP contribution in [0.25, 0.3) is 16.8 Å². The van der Waals surface area contributed by atoms with E-state index in [1.807, 2.05) is 61.0 Å². The van der Waals surface area contributed by atoms with Crippen LogP contribution in [-0.4, -0.2) is 72.9 Å². The fourth-order valence-electron chi connectivity index (χ4n) is 4.74. The van der Waals surface area contributed by atoms with Gasteiger partial charge >= 0.3 is 0 Å². The Hall–Kier alpha value is -3.32. The third kappa shape index (κ3) is 5.51. The second-order valence-electron chi connectivity index (χ2n) is 9.32. The molecule has 186 valence electrons. The average molecular weight is 477 g/mol. The molecule has 0 saturated carbocycles. The van der Waals surface area contributed by atoms with Crippen molar-refractivity contribution in [2.24, 2.45) is 0 Å².